The standard InChI is InChI=1S/C14H22O/c1-4-5-9-12(2)14(3,15)13-10-7-6-8-11-13/h6-8,10-12,15H,4-5,9H2,1-3H3. The Morgan fingerprint density at radius 2 is 1.87 bits per heavy atom. The number of hydrogen-bond acceptors (Lipinski definition) is 1. The predicted octanol–water partition coefficient (Wildman–Crippen LogP) is 3.72. The third-order valence-corrected chi connectivity index (χ3v) is 3.31. The molecule has 0 spiro atoms. The van der Waals surface area contributed by atoms with E-state index >= 15 is 0 Å². The summed E-state index contributed by atoms with van der Waals surface area (Å²) in [6.45, 7) is 6.23. The van der Waals surface area contributed by atoms with Gasteiger partial charge in [0.2, 0.25) is 0 Å². The molecule has 1 heteroatoms. The Balaban J connectivity index is 2.73. The van der Waals surface area contributed by atoms with E-state index in [1.54, 1.807) is 0 Å². The molecule has 15 heavy (non-hydrogen) atoms. The third-order valence-electron chi connectivity index (χ3n) is 3.31. The van der Waals surface area contributed by atoms with Crippen LogP contribution in [0.15, 0.2) is 30.3 Å². The maximum absolute atomic E-state index is 10.5. The molecule has 0 bridgehead atoms. The Labute approximate surface area is 93.1 Å². The molecule has 0 heterocycles. The number of rotatable bonds is 5. The first-order valence-electron chi connectivity index (χ1n) is 5.87. The van der Waals surface area contributed by atoms with Crippen LogP contribution in [0.5, 0.6) is 0 Å². The fraction of sp³-hybridized carbons (Fsp3) is 0.571. The van der Waals surface area contributed by atoms with Crippen LogP contribution >= 0.6 is 0 Å². The smallest absolute Gasteiger partial charge is 0.0893 e. The molecule has 1 aromatic rings. The summed E-state index contributed by atoms with van der Waals surface area (Å²) in [7, 11) is 0. The lowest BCUT2D eigenvalue weighted by molar-refractivity contribution is -0.00272. The Morgan fingerprint density at radius 1 is 1.27 bits per heavy atom. The predicted molar refractivity (Wildman–Crippen MR) is 64.7 cm³/mol. The molecule has 0 aliphatic carbocycles. The summed E-state index contributed by atoms with van der Waals surface area (Å²) in [5.41, 5.74) is 0.324. The van der Waals surface area contributed by atoms with E-state index in [-0.39, 0.29) is 0 Å². The second kappa shape index (κ2) is 5.32. The van der Waals surface area contributed by atoms with Crippen LogP contribution in [0.3, 0.4) is 0 Å². The van der Waals surface area contributed by atoms with Crippen LogP contribution in [-0.2, 0) is 5.60 Å². The van der Waals surface area contributed by atoms with Crippen LogP contribution in [0.25, 0.3) is 0 Å². The quantitative estimate of drug-likeness (QED) is 0.778. The van der Waals surface area contributed by atoms with E-state index in [4.69, 9.17) is 0 Å². The van der Waals surface area contributed by atoms with E-state index < -0.39 is 5.60 Å². The van der Waals surface area contributed by atoms with E-state index in [1.807, 2.05) is 37.3 Å². The van der Waals surface area contributed by atoms with Crippen molar-refractivity contribution in [3.63, 3.8) is 0 Å². The van der Waals surface area contributed by atoms with Crippen molar-refractivity contribution in [2.45, 2.75) is 45.6 Å². The van der Waals surface area contributed by atoms with Gasteiger partial charge in [0.05, 0.1) is 5.60 Å². The summed E-state index contributed by atoms with van der Waals surface area (Å²) in [6, 6.07) is 9.95. The summed E-state index contributed by atoms with van der Waals surface area (Å²) >= 11 is 0. The number of unbranched alkanes of at least 4 members (excludes halogenated alkanes) is 1. The van der Waals surface area contributed by atoms with Gasteiger partial charge in [0.15, 0.2) is 0 Å². The van der Waals surface area contributed by atoms with Gasteiger partial charge in [-0.25, -0.2) is 0 Å². The highest BCUT2D eigenvalue weighted by Gasteiger charge is 2.29. The highest BCUT2D eigenvalue weighted by atomic mass is 16.3. The Hall–Kier alpha value is -0.820. The minimum atomic E-state index is -0.698. The second-order valence-electron chi connectivity index (χ2n) is 4.56. The summed E-state index contributed by atoms with van der Waals surface area (Å²) in [6.07, 6.45) is 3.46. The van der Waals surface area contributed by atoms with Crippen molar-refractivity contribution in [2.75, 3.05) is 0 Å². The van der Waals surface area contributed by atoms with E-state index in [0.29, 0.717) is 5.92 Å². The maximum atomic E-state index is 10.5. The molecule has 0 saturated heterocycles. The molecule has 0 aliphatic heterocycles. The molecule has 1 nitrogen and oxygen atoms in total. The van der Waals surface area contributed by atoms with Gasteiger partial charge in [-0.2, -0.15) is 0 Å². The van der Waals surface area contributed by atoms with Crippen LogP contribution in [-0.4, -0.2) is 5.11 Å². The lowest BCUT2D eigenvalue weighted by Crippen LogP contribution is -2.29. The third kappa shape index (κ3) is 3.07. The summed E-state index contributed by atoms with van der Waals surface area (Å²) in [5, 5.41) is 10.5. The van der Waals surface area contributed by atoms with Gasteiger partial charge in [-0.1, -0.05) is 57.0 Å². The average molecular weight is 206 g/mol. The molecule has 2 unspecified atom stereocenters. The molecule has 0 aromatic heterocycles. The molecule has 0 saturated carbocycles. The minimum absolute atomic E-state index is 0.305. The van der Waals surface area contributed by atoms with E-state index in [0.717, 1.165) is 12.0 Å². The Bertz CT molecular complexity index is 277. The van der Waals surface area contributed by atoms with Crippen LogP contribution in [0.1, 0.15) is 45.6 Å². The highest BCUT2D eigenvalue weighted by molar-refractivity contribution is 5.22. The number of benzene rings is 1. The lowest BCUT2D eigenvalue weighted by atomic mass is 9.81. The van der Waals surface area contributed by atoms with E-state index in [9.17, 15) is 5.11 Å². The fourth-order valence-electron chi connectivity index (χ4n) is 1.85. The molecule has 1 aromatic carbocycles. The van der Waals surface area contributed by atoms with Gasteiger partial charge in [0.25, 0.3) is 0 Å². The first kappa shape index (κ1) is 12.3. The molecular weight excluding hydrogens is 184 g/mol. The van der Waals surface area contributed by atoms with Crippen molar-refractivity contribution < 1.29 is 5.11 Å². The number of aliphatic hydroxyl groups is 1. The first-order chi connectivity index (χ1) is 7.09. The zero-order valence-corrected chi connectivity index (χ0v) is 10.0. The van der Waals surface area contributed by atoms with Gasteiger partial charge in [-0.05, 0) is 24.8 Å². The molecule has 0 aliphatic rings. The minimum Gasteiger partial charge on any atom is -0.385 e. The SMILES string of the molecule is CCCCC(C)C(C)(O)c1ccccc1. The average Bonchev–Trinajstić information content (AvgIpc) is 2.27. The zero-order valence-electron chi connectivity index (χ0n) is 10.0. The molecule has 0 radical (unpaired) electrons. The maximum Gasteiger partial charge on any atom is 0.0893 e. The van der Waals surface area contributed by atoms with Crippen LogP contribution in [0, 0.1) is 5.92 Å². The fourth-order valence-corrected chi connectivity index (χ4v) is 1.85. The Morgan fingerprint density at radius 3 is 2.40 bits per heavy atom. The van der Waals surface area contributed by atoms with Crippen molar-refractivity contribution in [1.29, 1.82) is 0 Å². The van der Waals surface area contributed by atoms with Gasteiger partial charge < -0.3 is 5.11 Å². The Kier molecular flexibility index (Phi) is 4.34. The molecule has 0 amide bonds. The topological polar surface area (TPSA) is 20.2 Å². The highest BCUT2D eigenvalue weighted by Crippen LogP contribution is 2.32. The summed E-state index contributed by atoms with van der Waals surface area (Å²) in [4.78, 5) is 0. The molecule has 1 N–H and O–H groups in total. The van der Waals surface area contributed by atoms with Crippen LogP contribution in [0.4, 0.5) is 0 Å². The van der Waals surface area contributed by atoms with Crippen molar-refractivity contribution in [3.8, 4) is 0 Å². The summed E-state index contributed by atoms with van der Waals surface area (Å²) in [5.74, 6) is 0.305. The molecule has 1 rings (SSSR count). The largest absolute Gasteiger partial charge is 0.385 e. The van der Waals surface area contributed by atoms with Crippen molar-refractivity contribution in [3.05, 3.63) is 35.9 Å². The number of hydrogen-bond donors (Lipinski definition) is 1. The van der Waals surface area contributed by atoms with Gasteiger partial charge in [0.1, 0.15) is 0 Å². The van der Waals surface area contributed by atoms with Gasteiger partial charge in [-0.3, -0.25) is 0 Å². The first-order valence-corrected chi connectivity index (χ1v) is 5.87. The van der Waals surface area contributed by atoms with Gasteiger partial charge in [-0.15, -0.1) is 0 Å². The molecule has 84 valence electrons. The van der Waals surface area contributed by atoms with Crippen LogP contribution < -0.4 is 0 Å². The molecular formula is C14H22O. The molecule has 2 atom stereocenters. The van der Waals surface area contributed by atoms with Gasteiger partial charge >= 0.3 is 0 Å². The summed E-state index contributed by atoms with van der Waals surface area (Å²) < 4.78 is 0. The van der Waals surface area contributed by atoms with E-state index in [2.05, 4.69) is 13.8 Å². The van der Waals surface area contributed by atoms with E-state index in [1.165, 1.54) is 12.8 Å². The van der Waals surface area contributed by atoms with Crippen molar-refractivity contribution in [1.82, 2.24) is 0 Å². The zero-order chi connectivity index (χ0) is 11.3. The van der Waals surface area contributed by atoms with Crippen molar-refractivity contribution in [2.24, 2.45) is 5.92 Å². The monoisotopic (exact) mass is 206 g/mol. The van der Waals surface area contributed by atoms with Crippen LogP contribution in [0.2, 0.25) is 0 Å². The van der Waals surface area contributed by atoms with Gasteiger partial charge in [0, 0.05) is 0 Å². The lowest BCUT2D eigenvalue weighted by Gasteiger charge is -2.31. The van der Waals surface area contributed by atoms with Crippen molar-refractivity contribution >= 4 is 0 Å². The molecule has 0 fully saturated rings. The second-order valence-corrected chi connectivity index (χ2v) is 4.56. The normalized spacial score (nSPS) is 17.1.